The van der Waals surface area contributed by atoms with E-state index in [-0.39, 0.29) is 5.56 Å². The van der Waals surface area contributed by atoms with Crippen molar-refractivity contribution < 1.29 is 0 Å². The van der Waals surface area contributed by atoms with Crippen LogP contribution in [-0.4, -0.2) is 23.6 Å². The molecular formula is C9H15N3O. The minimum atomic E-state index is -0.124. The number of aromatic nitrogens is 2. The summed E-state index contributed by atoms with van der Waals surface area (Å²) in [5, 5.41) is 0. The van der Waals surface area contributed by atoms with Gasteiger partial charge < -0.3 is 9.88 Å². The first-order valence-corrected chi connectivity index (χ1v) is 4.50. The van der Waals surface area contributed by atoms with E-state index in [2.05, 4.69) is 16.9 Å². The van der Waals surface area contributed by atoms with Crippen LogP contribution in [0, 0.1) is 0 Å². The van der Waals surface area contributed by atoms with Gasteiger partial charge in [0.05, 0.1) is 0 Å². The number of aromatic amines is 1. The van der Waals surface area contributed by atoms with Crippen LogP contribution in [0.1, 0.15) is 19.8 Å². The number of H-pyrrole nitrogens is 1. The fourth-order valence-electron chi connectivity index (χ4n) is 1.12. The van der Waals surface area contributed by atoms with Crippen LogP contribution in [0.3, 0.4) is 0 Å². The highest BCUT2D eigenvalue weighted by Gasteiger charge is 2.04. The Kier molecular flexibility index (Phi) is 3.49. The van der Waals surface area contributed by atoms with Crippen molar-refractivity contribution in [2.45, 2.75) is 19.8 Å². The summed E-state index contributed by atoms with van der Waals surface area (Å²) in [7, 11) is 1.88. The number of nitrogens with zero attached hydrogens (tertiary/aromatic N) is 2. The van der Waals surface area contributed by atoms with Crippen LogP contribution in [0.4, 0.5) is 5.82 Å². The Bertz CT molecular complexity index is 308. The topological polar surface area (TPSA) is 49.0 Å². The van der Waals surface area contributed by atoms with Gasteiger partial charge in [-0.1, -0.05) is 13.3 Å². The average Bonchev–Trinajstić information content (AvgIpc) is 2.15. The highest BCUT2D eigenvalue weighted by molar-refractivity contribution is 5.33. The molecule has 0 aliphatic heterocycles. The van der Waals surface area contributed by atoms with Crippen molar-refractivity contribution in [2.24, 2.45) is 0 Å². The summed E-state index contributed by atoms with van der Waals surface area (Å²) >= 11 is 0. The fraction of sp³-hybridized carbons (Fsp3) is 0.556. The van der Waals surface area contributed by atoms with Crippen LogP contribution in [-0.2, 0) is 0 Å². The molecule has 0 amide bonds. The van der Waals surface area contributed by atoms with Crippen molar-refractivity contribution in [1.29, 1.82) is 0 Å². The quantitative estimate of drug-likeness (QED) is 0.754. The highest BCUT2D eigenvalue weighted by atomic mass is 16.1. The van der Waals surface area contributed by atoms with Crippen molar-refractivity contribution >= 4 is 5.82 Å². The molecule has 1 aromatic heterocycles. The molecule has 0 atom stereocenters. The van der Waals surface area contributed by atoms with Crippen molar-refractivity contribution in [3.05, 3.63) is 22.7 Å². The molecule has 0 spiro atoms. The molecule has 4 nitrogen and oxygen atoms in total. The first kappa shape index (κ1) is 9.77. The lowest BCUT2D eigenvalue weighted by molar-refractivity contribution is 0.755. The molecule has 0 bridgehead atoms. The Morgan fingerprint density at radius 3 is 3.00 bits per heavy atom. The van der Waals surface area contributed by atoms with Crippen LogP contribution in [0.2, 0.25) is 0 Å². The molecule has 1 heterocycles. The van der Waals surface area contributed by atoms with Crippen LogP contribution in [0.15, 0.2) is 17.2 Å². The van der Waals surface area contributed by atoms with Gasteiger partial charge in [0.2, 0.25) is 0 Å². The van der Waals surface area contributed by atoms with Crippen LogP contribution in [0.25, 0.3) is 0 Å². The molecule has 1 aromatic rings. The number of hydrogen-bond donors (Lipinski definition) is 1. The Morgan fingerprint density at radius 1 is 1.62 bits per heavy atom. The zero-order chi connectivity index (χ0) is 9.68. The van der Waals surface area contributed by atoms with Crippen LogP contribution in [0.5, 0.6) is 0 Å². The van der Waals surface area contributed by atoms with Gasteiger partial charge in [-0.15, -0.1) is 0 Å². The summed E-state index contributed by atoms with van der Waals surface area (Å²) in [4.78, 5) is 19.8. The van der Waals surface area contributed by atoms with Gasteiger partial charge in [0, 0.05) is 26.0 Å². The minimum Gasteiger partial charge on any atom is -0.355 e. The molecule has 1 N–H and O–H groups in total. The lowest BCUT2D eigenvalue weighted by atomic mass is 10.3. The van der Waals surface area contributed by atoms with E-state index in [9.17, 15) is 4.79 Å². The third-order valence-corrected chi connectivity index (χ3v) is 1.90. The minimum absolute atomic E-state index is 0.124. The van der Waals surface area contributed by atoms with Crippen molar-refractivity contribution in [3.8, 4) is 0 Å². The molecule has 0 aromatic carbocycles. The molecule has 0 saturated heterocycles. The van der Waals surface area contributed by atoms with Crippen molar-refractivity contribution in [2.75, 3.05) is 18.5 Å². The lowest BCUT2D eigenvalue weighted by Gasteiger charge is -2.15. The van der Waals surface area contributed by atoms with Gasteiger partial charge in [-0.05, 0) is 6.42 Å². The summed E-state index contributed by atoms with van der Waals surface area (Å²) < 4.78 is 0. The van der Waals surface area contributed by atoms with Gasteiger partial charge in [-0.2, -0.15) is 0 Å². The predicted octanol–water partition coefficient (Wildman–Crippen LogP) is 1.01. The summed E-state index contributed by atoms with van der Waals surface area (Å²) in [6.07, 6.45) is 5.33. The third kappa shape index (κ3) is 2.57. The third-order valence-electron chi connectivity index (χ3n) is 1.90. The van der Waals surface area contributed by atoms with Gasteiger partial charge in [-0.25, -0.2) is 4.98 Å². The fourth-order valence-corrected chi connectivity index (χ4v) is 1.12. The number of nitrogens with one attached hydrogen (secondary N) is 1. The van der Waals surface area contributed by atoms with E-state index in [1.165, 1.54) is 0 Å². The molecule has 0 unspecified atom stereocenters. The largest absolute Gasteiger partial charge is 0.355 e. The van der Waals surface area contributed by atoms with E-state index in [4.69, 9.17) is 0 Å². The standard InChI is InChI=1S/C9H15N3O/c1-3-4-7-12(2)8-9(13)11-6-5-10-8/h5-6H,3-4,7H2,1-2H3,(H,11,13). The number of anilines is 1. The van der Waals surface area contributed by atoms with E-state index in [1.54, 1.807) is 12.4 Å². The van der Waals surface area contributed by atoms with Gasteiger partial charge in [0.1, 0.15) is 0 Å². The Labute approximate surface area is 77.6 Å². The maximum atomic E-state index is 11.3. The van der Waals surface area contributed by atoms with Gasteiger partial charge >= 0.3 is 0 Å². The van der Waals surface area contributed by atoms with Crippen molar-refractivity contribution in [3.63, 3.8) is 0 Å². The monoisotopic (exact) mass is 181 g/mol. The normalized spacial score (nSPS) is 10.0. The SMILES string of the molecule is CCCCN(C)c1ncc[nH]c1=O. The second-order valence-electron chi connectivity index (χ2n) is 3.02. The lowest BCUT2D eigenvalue weighted by Crippen LogP contribution is -2.26. The number of unbranched alkanes of at least 4 members (excludes halogenated alkanes) is 1. The zero-order valence-electron chi connectivity index (χ0n) is 8.08. The zero-order valence-corrected chi connectivity index (χ0v) is 8.08. The van der Waals surface area contributed by atoms with Crippen LogP contribution < -0.4 is 10.5 Å². The average molecular weight is 181 g/mol. The second kappa shape index (κ2) is 4.64. The Morgan fingerprint density at radius 2 is 2.38 bits per heavy atom. The number of hydrogen-bond acceptors (Lipinski definition) is 3. The van der Waals surface area contributed by atoms with Gasteiger partial charge in [0.25, 0.3) is 5.56 Å². The van der Waals surface area contributed by atoms with Crippen molar-refractivity contribution in [1.82, 2.24) is 9.97 Å². The van der Waals surface area contributed by atoms with E-state index >= 15 is 0 Å². The maximum Gasteiger partial charge on any atom is 0.290 e. The smallest absolute Gasteiger partial charge is 0.290 e. The molecule has 0 saturated carbocycles. The van der Waals surface area contributed by atoms with E-state index < -0.39 is 0 Å². The molecule has 72 valence electrons. The van der Waals surface area contributed by atoms with Gasteiger partial charge in [0.15, 0.2) is 5.82 Å². The Hall–Kier alpha value is -1.32. The molecule has 0 radical (unpaired) electrons. The molecule has 4 heteroatoms. The highest BCUT2D eigenvalue weighted by Crippen LogP contribution is 2.00. The second-order valence-corrected chi connectivity index (χ2v) is 3.02. The first-order valence-electron chi connectivity index (χ1n) is 4.50. The van der Waals surface area contributed by atoms with Gasteiger partial charge in [-0.3, -0.25) is 4.79 Å². The summed E-state index contributed by atoms with van der Waals surface area (Å²) in [6.45, 7) is 2.99. The molecule has 0 fully saturated rings. The summed E-state index contributed by atoms with van der Waals surface area (Å²) in [5.74, 6) is 0.496. The molecule has 0 aliphatic carbocycles. The summed E-state index contributed by atoms with van der Waals surface area (Å²) in [6, 6.07) is 0. The molecular weight excluding hydrogens is 166 g/mol. The Balaban J connectivity index is 2.71. The molecule has 13 heavy (non-hydrogen) atoms. The predicted molar refractivity (Wildman–Crippen MR) is 53.0 cm³/mol. The molecule has 1 rings (SSSR count). The van der Waals surface area contributed by atoms with E-state index in [0.29, 0.717) is 5.82 Å². The first-order chi connectivity index (χ1) is 6.25. The number of rotatable bonds is 4. The van der Waals surface area contributed by atoms with E-state index in [1.807, 2.05) is 11.9 Å². The maximum absolute atomic E-state index is 11.3. The molecule has 0 aliphatic rings. The summed E-state index contributed by atoms with van der Waals surface area (Å²) in [5.41, 5.74) is -0.124. The van der Waals surface area contributed by atoms with E-state index in [0.717, 1.165) is 19.4 Å². The van der Waals surface area contributed by atoms with Crippen LogP contribution >= 0.6 is 0 Å².